The summed E-state index contributed by atoms with van der Waals surface area (Å²) in [6, 6.07) is 6.17. The summed E-state index contributed by atoms with van der Waals surface area (Å²) in [6.07, 6.45) is 0. The molecule has 4 nitrogen and oxygen atoms in total. The van der Waals surface area contributed by atoms with Crippen LogP contribution in [0.1, 0.15) is 10.4 Å². The van der Waals surface area contributed by atoms with Gasteiger partial charge < -0.3 is 14.8 Å². The molecule has 1 rings (SSSR count). The van der Waals surface area contributed by atoms with Crippen molar-refractivity contribution in [2.45, 2.75) is 0 Å². The molecule has 0 aliphatic heterocycles. The highest BCUT2D eigenvalue weighted by molar-refractivity contribution is 6.58. The molecular formula is C9H11BO4. The maximum Gasteiger partial charge on any atom is 0.488 e. The fraction of sp³-hybridized carbons (Fsp3) is 0.222. The monoisotopic (exact) mass is 194 g/mol. The first-order valence-electron chi connectivity index (χ1n) is 4.13. The number of carbonyl (C=O) groups excluding carboxylic acids is 1. The molecular weight excluding hydrogens is 183 g/mol. The van der Waals surface area contributed by atoms with Gasteiger partial charge in [0.1, 0.15) is 6.61 Å². The van der Waals surface area contributed by atoms with E-state index in [1.165, 1.54) is 19.2 Å². The third-order valence-corrected chi connectivity index (χ3v) is 1.78. The van der Waals surface area contributed by atoms with Crippen molar-refractivity contribution >= 4 is 18.4 Å². The number of ether oxygens (including phenoxy) is 1. The Hall–Kier alpha value is -1.17. The van der Waals surface area contributed by atoms with Crippen molar-refractivity contribution in [1.82, 2.24) is 0 Å². The first-order valence-corrected chi connectivity index (χ1v) is 4.13. The molecule has 0 bridgehead atoms. The Balaban J connectivity index is 2.88. The van der Waals surface area contributed by atoms with Crippen LogP contribution in [0.15, 0.2) is 24.3 Å². The van der Waals surface area contributed by atoms with Gasteiger partial charge in [-0.15, -0.1) is 0 Å². The molecule has 0 spiro atoms. The molecule has 0 unspecified atom stereocenters. The Morgan fingerprint density at radius 3 is 2.79 bits per heavy atom. The zero-order valence-electron chi connectivity index (χ0n) is 7.80. The van der Waals surface area contributed by atoms with Crippen LogP contribution in [0, 0.1) is 0 Å². The molecule has 0 saturated heterocycles. The molecule has 2 N–H and O–H groups in total. The molecule has 1 aromatic carbocycles. The van der Waals surface area contributed by atoms with Crippen LogP contribution in [-0.2, 0) is 4.74 Å². The maximum absolute atomic E-state index is 11.3. The highest BCUT2D eigenvalue weighted by Gasteiger charge is 2.13. The van der Waals surface area contributed by atoms with Gasteiger partial charge in [-0.05, 0) is 5.46 Å². The van der Waals surface area contributed by atoms with Gasteiger partial charge in [-0.3, -0.25) is 4.79 Å². The topological polar surface area (TPSA) is 66.8 Å². The molecule has 5 heteroatoms. The number of Topliss-reactive ketones (excluding diaryl/α,β-unsaturated/α-hetero) is 1. The Morgan fingerprint density at radius 1 is 1.50 bits per heavy atom. The standard InChI is InChI=1S/C9H11BO4/c1-14-6-9(11)7-3-2-4-8(5-7)10(12)13/h2-5,12-13H,6H2,1H3. The minimum absolute atomic E-state index is 0.00895. The minimum atomic E-state index is -1.55. The second kappa shape index (κ2) is 4.90. The van der Waals surface area contributed by atoms with Gasteiger partial charge in [0, 0.05) is 12.7 Å². The summed E-state index contributed by atoms with van der Waals surface area (Å²) in [5.74, 6) is -0.185. The highest BCUT2D eigenvalue weighted by atomic mass is 16.5. The van der Waals surface area contributed by atoms with Gasteiger partial charge >= 0.3 is 7.12 Å². The number of benzene rings is 1. The maximum atomic E-state index is 11.3. The SMILES string of the molecule is COCC(=O)c1cccc(B(O)O)c1. The summed E-state index contributed by atoms with van der Waals surface area (Å²) in [6.45, 7) is -0.00895. The lowest BCUT2D eigenvalue weighted by Gasteiger charge is -2.02. The van der Waals surface area contributed by atoms with E-state index in [9.17, 15) is 4.79 Å². The van der Waals surface area contributed by atoms with Crippen molar-refractivity contribution in [1.29, 1.82) is 0 Å². The lowest BCUT2D eigenvalue weighted by Crippen LogP contribution is -2.30. The van der Waals surface area contributed by atoms with Crippen molar-refractivity contribution in [2.75, 3.05) is 13.7 Å². The molecule has 0 fully saturated rings. The van der Waals surface area contributed by atoms with E-state index < -0.39 is 7.12 Å². The average molecular weight is 194 g/mol. The largest absolute Gasteiger partial charge is 0.488 e. The van der Waals surface area contributed by atoms with Gasteiger partial charge in [-0.25, -0.2) is 0 Å². The fourth-order valence-electron chi connectivity index (χ4n) is 1.09. The van der Waals surface area contributed by atoms with Crippen LogP contribution in [0.3, 0.4) is 0 Å². The second-order valence-electron chi connectivity index (χ2n) is 2.86. The van der Waals surface area contributed by atoms with Crippen LogP contribution in [0.2, 0.25) is 0 Å². The third-order valence-electron chi connectivity index (χ3n) is 1.78. The lowest BCUT2D eigenvalue weighted by molar-refractivity contribution is 0.0848. The minimum Gasteiger partial charge on any atom is -0.423 e. The van der Waals surface area contributed by atoms with Crippen LogP contribution in [0.25, 0.3) is 0 Å². The van der Waals surface area contributed by atoms with Crippen molar-refractivity contribution in [3.8, 4) is 0 Å². The van der Waals surface area contributed by atoms with E-state index in [4.69, 9.17) is 10.0 Å². The van der Waals surface area contributed by atoms with E-state index in [0.29, 0.717) is 11.0 Å². The zero-order valence-corrected chi connectivity index (χ0v) is 7.80. The Bertz CT molecular complexity index is 324. The lowest BCUT2D eigenvalue weighted by atomic mass is 9.79. The quantitative estimate of drug-likeness (QED) is 0.486. The van der Waals surface area contributed by atoms with Crippen molar-refractivity contribution in [3.63, 3.8) is 0 Å². The molecule has 14 heavy (non-hydrogen) atoms. The van der Waals surface area contributed by atoms with Crippen molar-refractivity contribution in [3.05, 3.63) is 29.8 Å². The summed E-state index contributed by atoms with van der Waals surface area (Å²) < 4.78 is 4.68. The third kappa shape index (κ3) is 2.66. The van der Waals surface area contributed by atoms with Crippen LogP contribution in [-0.4, -0.2) is 36.7 Å². The van der Waals surface area contributed by atoms with E-state index in [1.807, 2.05) is 0 Å². The first kappa shape index (κ1) is 10.9. The number of rotatable bonds is 4. The fourth-order valence-corrected chi connectivity index (χ4v) is 1.09. The molecule has 0 aliphatic carbocycles. The molecule has 0 aliphatic rings. The van der Waals surface area contributed by atoms with Crippen molar-refractivity contribution < 1.29 is 19.6 Å². The Kier molecular flexibility index (Phi) is 3.82. The van der Waals surface area contributed by atoms with Gasteiger partial charge in [0.25, 0.3) is 0 Å². The predicted octanol–water partition coefficient (Wildman–Crippen LogP) is -0.804. The van der Waals surface area contributed by atoms with E-state index >= 15 is 0 Å². The molecule has 0 aromatic heterocycles. The van der Waals surface area contributed by atoms with Crippen LogP contribution in [0.4, 0.5) is 0 Å². The molecule has 1 aromatic rings. The predicted molar refractivity (Wildman–Crippen MR) is 52.5 cm³/mol. The van der Waals surface area contributed by atoms with Crippen LogP contribution in [0.5, 0.6) is 0 Å². The molecule has 0 atom stereocenters. The highest BCUT2D eigenvalue weighted by Crippen LogP contribution is 1.99. The molecule has 0 saturated carbocycles. The smallest absolute Gasteiger partial charge is 0.423 e. The summed E-state index contributed by atoms with van der Waals surface area (Å²) in [4.78, 5) is 11.3. The van der Waals surface area contributed by atoms with Crippen LogP contribution >= 0.6 is 0 Å². The number of hydrogen-bond donors (Lipinski definition) is 2. The van der Waals surface area contributed by atoms with Gasteiger partial charge in [-0.1, -0.05) is 24.3 Å². The molecule has 0 amide bonds. The second-order valence-corrected chi connectivity index (χ2v) is 2.86. The van der Waals surface area contributed by atoms with Crippen molar-refractivity contribution in [2.24, 2.45) is 0 Å². The summed E-state index contributed by atoms with van der Waals surface area (Å²) in [7, 11) is -0.117. The summed E-state index contributed by atoms with van der Waals surface area (Å²) >= 11 is 0. The molecule has 0 radical (unpaired) electrons. The van der Waals surface area contributed by atoms with E-state index in [0.717, 1.165) is 0 Å². The van der Waals surface area contributed by atoms with E-state index in [2.05, 4.69) is 4.74 Å². The van der Waals surface area contributed by atoms with Crippen LogP contribution < -0.4 is 5.46 Å². The van der Waals surface area contributed by atoms with Gasteiger partial charge in [0.15, 0.2) is 5.78 Å². The first-order chi connectivity index (χ1) is 6.65. The number of ketones is 1. The van der Waals surface area contributed by atoms with E-state index in [-0.39, 0.29) is 12.4 Å². The number of carbonyl (C=O) groups is 1. The van der Waals surface area contributed by atoms with Gasteiger partial charge in [0.05, 0.1) is 0 Å². The number of methoxy groups -OCH3 is 1. The van der Waals surface area contributed by atoms with Gasteiger partial charge in [-0.2, -0.15) is 0 Å². The van der Waals surface area contributed by atoms with Gasteiger partial charge in [0.2, 0.25) is 0 Å². The summed E-state index contributed by atoms with van der Waals surface area (Å²) in [5.41, 5.74) is 0.712. The Morgan fingerprint density at radius 2 is 2.21 bits per heavy atom. The summed E-state index contributed by atoms with van der Waals surface area (Å²) in [5, 5.41) is 17.7. The zero-order chi connectivity index (χ0) is 10.6. The molecule has 0 heterocycles. The average Bonchev–Trinajstić information content (AvgIpc) is 2.18. The van der Waals surface area contributed by atoms with E-state index in [1.54, 1.807) is 12.1 Å². The normalized spacial score (nSPS) is 9.93. The molecule has 74 valence electrons. The Labute approximate surface area is 82.3 Å². The number of hydrogen-bond acceptors (Lipinski definition) is 4.